The first kappa shape index (κ1) is 14.0. The minimum Gasteiger partial charge on any atom is -0.496 e. The quantitative estimate of drug-likeness (QED) is 0.790. The van der Waals surface area contributed by atoms with Crippen LogP contribution in [0.2, 0.25) is 0 Å². The van der Waals surface area contributed by atoms with Crippen molar-refractivity contribution >= 4 is 21.8 Å². The second kappa shape index (κ2) is 7.29. The lowest BCUT2D eigenvalue weighted by atomic mass is 10.2. The predicted octanol–water partition coefficient (Wildman–Crippen LogP) is 1.96. The molecule has 0 aliphatic carbocycles. The molecule has 4 nitrogen and oxygen atoms in total. The Labute approximate surface area is 109 Å². The van der Waals surface area contributed by atoms with Gasteiger partial charge in [0.25, 0.3) is 5.91 Å². The molecule has 0 bridgehead atoms. The number of ether oxygens (including phenoxy) is 1. The fourth-order valence-corrected chi connectivity index (χ4v) is 1.89. The van der Waals surface area contributed by atoms with Crippen LogP contribution < -0.4 is 10.1 Å². The fourth-order valence-electron chi connectivity index (χ4n) is 1.35. The second-order valence-electron chi connectivity index (χ2n) is 3.54. The van der Waals surface area contributed by atoms with Gasteiger partial charge in [0.1, 0.15) is 5.75 Å². The summed E-state index contributed by atoms with van der Waals surface area (Å²) in [4.78, 5) is 11.7. The van der Waals surface area contributed by atoms with Crippen molar-refractivity contribution in [2.24, 2.45) is 0 Å². The summed E-state index contributed by atoms with van der Waals surface area (Å²) < 4.78 is 5.84. The van der Waals surface area contributed by atoms with Crippen molar-refractivity contribution in [1.82, 2.24) is 5.32 Å². The highest BCUT2D eigenvalue weighted by Crippen LogP contribution is 2.25. The molecule has 0 spiro atoms. The molecule has 0 saturated heterocycles. The summed E-state index contributed by atoms with van der Waals surface area (Å²) in [6, 6.07) is 5.18. The molecular formula is C12H16BrNO3. The zero-order valence-electron chi connectivity index (χ0n) is 9.70. The van der Waals surface area contributed by atoms with Crippen molar-refractivity contribution in [2.45, 2.75) is 12.8 Å². The van der Waals surface area contributed by atoms with Crippen LogP contribution in [0, 0.1) is 0 Å². The van der Waals surface area contributed by atoms with Crippen LogP contribution in [0.1, 0.15) is 23.2 Å². The van der Waals surface area contributed by atoms with E-state index in [1.54, 1.807) is 25.3 Å². The molecule has 1 rings (SSSR count). The molecule has 0 fully saturated rings. The van der Waals surface area contributed by atoms with Gasteiger partial charge in [-0.2, -0.15) is 0 Å². The maximum absolute atomic E-state index is 11.7. The number of halogens is 1. The second-order valence-corrected chi connectivity index (χ2v) is 4.39. The van der Waals surface area contributed by atoms with Gasteiger partial charge < -0.3 is 15.2 Å². The third-order valence-corrected chi connectivity index (χ3v) is 2.90. The molecule has 0 unspecified atom stereocenters. The van der Waals surface area contributed by atoms with E-state index in [4.69, 9.17) is 9.84 Å². The van der Waals surface area contributed by atoms with E-state index in [0.717, 1.165) is 10.9 Å². The molecule has 2 N–H and O–H groups in total. The van der Waals surface area contributed by atoms with E-state index in [1.165, 1.54) is 0 Å². The number of hydrogen-bond acceptors (Lipinski definition) is 3. The zero-order valence-corrected chi connectivity index (χ0v) is 11.3. The van der Waals surface area contributed by atoms with E-state index < -0.39 is 0 Å². The first-order valence-electron chi connectivity index (χ1n) is 5.41. The minimum atomic E-state index is -0.119. The van der Waals surface area contributed by atoms with Gasteiger partial charge in [0.2, 0.25) is 0 Å². The summed E-state index contributed by atoms with van der Waals surface area (Å²) in [5.41, 5.74) is 0.585. The molecule has 0 heterocycles. The van der Waals surface area contributed by atoms with E-state index in [2.05, 4.69) is 21.2 Å². The first-order valence-corrected chi connectivity index (χ1v) is 6.21. The largest absolute Gasteiger partial charge is 0.496 e. The van der Waals surface area contributed by atoms with Crippen LogP contribution in [-0.4, -0.2) is 31.3 Å². The Balaban J connectivity index is 2.54. The Bertz CT molecular complexity index is 382. The van der Waals surface area contributed by atoms with Crippen LogP contribution in [0.4, 0.5) is 0 Å². The average Bonchev–Trinajstić information content (AvgIpc) is 2.34. The van der Waals surface area contributed by atoms with E-state index in [1.807, 2.05) is 0 Å². The predicted molar refractivity (Wildman–Crippen MR) is 69.3 cm³/mol. The molecule has 0 aliphatic rings. The van der Waals surface area contributed by atoms with Gasteiger partial charge >= 0.3 is 0 Å². The highest BCUT2D eigenvalue weighted by molar-refractivity contribution is 9.10. The Hall–Kier alpha value is -1.07. The van der Waals surface area contributed by atoms with Crippen molar-refractivity contribution in [1.29, 1.82) is 0 Å². The van der Waals surface area contributed by atoms with Gasteiger partial charge in [0.15, 0.2) is 0 Å². The summed E-state index contributed by atoms with van der Waals surface area (Å²) in [5, 5.41) is 11.4. The Morgan fingerprint density at radius 3 is 2.82 bits per heavy atom. The fraction of sp³-hybridized carbons (Fsp3) is 0.417. The molecule has 0 aliphatic heterocycles. The van der Waals surface area contributed by atoms with Gasteiger partial charge in [-0.15, -0.1) is 0 Å². The lowest BCUT2D eigenvalue weighted by Crippen LogP contribution is -2.24. The smallest absolute Gasteiger partial charge is 0.251 e. The number of methoxy groups -OCH3 is 1. The maximum Gasteiger partial charge on any atom is 0.251 e. The molecule has 94 valence electrons. The van der Waals surface area contributed by atoms with E-state index in [0.29, 0.717) is 24.3 Å². The van der Waals surface area contributed by atoms with Gasteiger partial charge in [-0.3, -0.25) is 4.79 Å². The summed E-state index contributed by atoms with van der Waals surface area (Å²) >= 11 is 3.33. The van der Waals surface area contributed by atoms with E-state index in [-0.39, 0.29) is 12.5 Å². The van der Waals surface area contributed by atoms with Crippen molar-refractivity contribution < 1.29 is 14.6 Å². The number of hydrogen-bond donors (Lipinski definition) is 2. The lowest BCUT2D eigenvalue weighted by Gasteiger charge is -2.07. The Morgan fingerprint density at radius 1 is 1.47 bits per heavy atom. The van der Waals surface area contributed by atoms with Crippen molar-refractivity contribution in [3.05, 3.63) is 28.2 Å². The molecule has 1 amide bonds. The molecule has 1 aromatic carbocycles. The number of benzene rings is 1. The van der Waals surface area contributed by atoms with Gasteiger partial charge in [0, 0.05) is 18.7 Å². The highest BCUT2D eigenvalue weighted by atomic mass is 79.9. The number of aliphatic hydroxyl groups excluding tert-OH is 1. The number of rotatable bonds is 6. The number of amides is 1. The molecule has 0 atom stereocenters. The van der Waals surface area contributed by atoms with E-state index >= 15 is 0 Å². The Morgan fingerprint density at radius 2 is 2.24 bits per heavy atom. The van der Waals surface area contributed by atoms with Crippen LogP contribution in [0.25, 0.3) is 0 Å². The van der Waals surface area contributed by atoms with Crippen molar-refractivity contribution in [3.63, 3.8) is 0 Å². The van der Waals surface area contributed by atoms with Crippen LogP contribution in [0.15, 0.2) is 22.7 Å². The number of carbonyl (C=O) groups excluding carboxylic acids is 1. The molecule has 17 heavy (non-hydrogen) atoms. The SMILES string of the molecule is COc1ccc(C(=O)NCCCCO)cc1Br. The number of nitrogens with one attached hydrogen (secondary N) is 1. The number of carbonyl (C=O) groups is 1. The van der Waals surface area contributed by atoms with Gasteiger partial charge in [-0.1, -0.05) is 0 Å². The summed E-state index contributed by atoms with van der Waals surface area (Å²) in [6.07, 6.45) is 1.48. The van der Waals surface area contributed by atoms with Crippen LogP contribution in [0.5, 0.6) is 5.75 Å². The summed E-state index contributed by atoms with van der Waals surface area (Å²) in [5.74, 6) is 0.577. The third-order valence-electron chi connectivity index (χ3n) is 2.28. The highest BCUT2D eigenvalue weighted by Gasteiger charge is 2.07. The van der Waals surface area contributed by atoms with E-state index in [9.17, 15) is 4.79 Å². The molecule has 1 aromatic rings. The number of aliphatic hydroxyl groups is 1. The van der Waals surface area contributed by atoms with Crippen LogP contribution >= 0.6 is 15.9 Å². The third kappa shape index (κ3) is 4.36. The minimum absolute atomic E-state index is 0.119. The maximum atomic E-state index is 11.7. The normalized spacial score (nSPS) is 10.1. The first-order chi connectivity index (χ1) is 8.19. The van der Waals surface area contributed by atoms with Gasteiger partial charge in [0.05, 0.1) is 11.6 Å². The zero-order chi connectivity index (χ0) is 12.7. The number of unbranched alkanes of at least 4 members (excludes halogenated alkanes) is 1. The average molecular weight is 302 g/mol. The Kier molecular flexibility index (Phi) is 6.00. The molecule has 5 heteroatoms. The summed E-state index contributed by atoms with van der Waals surface area (Å²) in [6.45, 7) is 0.729. The molecule has 0 saturated carbocycles. The molecule has 0 radical (unpaired) electrons. The molecule has 0 aromatic heterocycles. The standard InChI is InChI=1S/C12H16BrNO3/c1-17-11-5-4-9(8-10(11)13)12(16)14-6-2-3-7-15/h4-5,8,15H,2-3,6-7H2,1H3,(H,14,16). The molecular weight excluding hydrogens is 286 g/mol. The van der Waals surface area contributed by atoms with Crippen molar-refractivity contribution in [3.8, 4) is 5.75 Å². The van der Waals surface area contributed by atoms with Gasteiger partial charge in [-0.25, -0.2) is 0 Å². The van der Waals surface area contributed by atoms with Crippen LogP contribution in [0.3, 0.4) is 0 Å². The van der Waals surface area contributed by atoms with Crippen LogP contribution in [-0.2, 0) is 0 Å². The van der Waals surface area contributed by atoms with Crippen molar-refractivity contribution in [2.75, 3.05) is 20.3 Å². The van der Waals surface area contributed by atoms with Gasteiger partial charge in [-0.05, 0) is 47.0 Å². The topological polar surface area (TPSA) is 58.6 Å². The summed E-state index contributed by atoms with van der Waals surface area (Å²) in [7, 11) is 1.58. The monoisotopic (exact) mass is 301 g/mol. The lowest BCUT2D eigenvalue weighted by molar-refractivity contribution is 0.0952.